The number of carbonyl (C=O) groups is 3. The molecular formula is C18H33O7P. The predicted molar refractivity (Wildman–Crippen MR) is 99.2 cm³/mol. The van der Waals surface area contributed by atoms with E-state index in [4.69, 9.17) is 14.6 Å². The Bertz CT molecular complexity index is 459. The van der Waals surface area contributed by atoms with Gasteiger partial charge in [-0.3, -0.25) is 9.59 Å². The van der Waals surface area contributed by atoms with E-state index in [-0.39, 0.29) is 26.1 Å². The van der Waals surface area contributed by atoms with Crippen LogP contribution >= 0.6 is 7.26 Å². The number of hydrogen-bond donors (Lipinski definition) is 1. The molecule has 0 aromatic rings. The number of rotatable bonds is 13. The summed E-state index contributed by atoms with van der Waals surface area (Å²) in [5.41, 5.74) is 0. The van der Waals surface area contributed by atoms with Gasteiger partial charge in [0.25, 0.3) is 0 Å². The van der Waals surface area contributed by atoms with Crippen molar-refractivity contribution in [3.8, 4) is 0 Å². The van der Waals surface area contributed by atoms with Gasteiger partial charge < -0.3 is 24.5 Å². The third-order valence-corrected chi connectivity index (χ3v) is 5.64. The van der Waals surface area contributed by atoms with E-state index in [2.05, 4.69) is 20.0 Å². The fraction of sp³-hybridized carbons (Fsp3) is 0.833. The molecule has 0 rings (SSSR count). The Hall–Kier alpha value is -1.20. The van der Waals surface area contributed by atoms with Crippen LogP contribution in [0.15, 0.2) is 0 Å². The molecule has 0 aromatic carbocycles. The number of aliphatic hydroxyl groups excluding tert-OH is 1. The third kappa shape index (κ3) is 10.7. The lowest BCUT2D eigenvalue weighted by atomic mass is 9.86. The highest BCUT2D eigenvalue weighted by molar-refractivity contribution is 7.73. The number of esters is 2. The second kappa shape index (κ2) is 12.2. The molecule has 152 valence electrons. The fourth-order valence-electron chi connectivity index (χ4n) is 2.41. The zero-order valence-corrected chi connectivity index (χ0v) is 17.4. The van der Waals surface area contributed by atoms with Gasteiger partial charge >= 0.3 is 11.9 Å². The summed E-state index contributed by atoms with van der Waals surface area (Å²) in [6.07, 6.45) is 1.37. The Kier molecular flexibility index (Phi) is 11.7. The molecule has 1 N–H and O–H groups in total. The van der Waals surface area contributed by atoms with Gasteiger partial charge in [-0.1, -0.05) is 13.8 Å². The number of carbonyl (C=O) groups excluding carboxylic acids is 3. The van der Waals surface area contributed by atoms with Crippen molar-refractivity contribution in [2.75, 3.05) is 46.0 Å². The molecule has 0 radical (unpaired) electrons. The van der Waals surface area contributed by atoms with Crippen LogP contribution in [0.4, 0.5) is 0 Å². The lowest BCUT2D eigenvalue weighted by Gasteiger charge is -2.24. The fourth-order valence-corrected chi connectivity index (χ4v) is 3.05. The SMILES string of the molecule is CCC(CC(CC(C)C(=O)OCCO)C(=O)[O-])C(=O)OCC[P+](C)(C)C. The van der Waals surface area contributed by atoms with E-state index >= 15 is 0 Å². The molecule has 0 amide bonds. The minimum atomic E-state index is -1.29. The Balaban J connectivity index is 4.70. The summed E-state index contributed by atoms with van der Waals surface area (Å²) in [5, 5.41) is 20.1. The largest absolute Gasteiger partial charge is 0.550 e. The van der Waals surface area contributed by atoms with Gasteiger partial charge in [0.1, 0.15) is 13.2 Å². The Labute approximate surface area is 156 Å². The first-order chi connectivity index (χ1) is 12.0. The molecule has 8 heteroatoms. The van der Waals surface area contributed by atoms with Crippen LogP contribution in [0.1, 0.15) is 33.1 Å². The molecule has 7 nitrogen and oxygen atoms in total. The summed E-state index contributed by atoms with van der Waals surface area (Å²) >= 11 is 0. The van der Waals surface area contributed by atoms with Crippen molar-refractivity contribution in [3.63, 3.8) is 0 Å². The van der Waals surface area contributed by atoms with E-state index in [0.29, 0.717) is 13.0 Å². The van der Waals surface area contributed by atoms with Crippen LogP contribution in [0.2, 0.25) is 0 Å². The van der Waals surface area contributed by atoms with Gasteiger partial charge in [-0.05, 0) is 19.3 Å². The lowest BCUT2D eigenvalue weighted by molar-refractivity contribution is -0.312. The van der Waals surface area contributed by atoms with E-state index in [1.54, 1.807) is 13.8 Å². The summed E-state index contributed by atoms with van der Waals surface area (Å²) in [6, 6.07) is 0. The van der Waals surface area contributed by atoms with E-state index < -0.39 is 42.9 Å². The third-order valence-electron chi connectivity index (χ3n) is 4.11. The maximum Gasteiger partial charge on any atom is 0.309 e. The summed E-state index contributed by atoms with van der Waals surface area (Å²) in [6.45, 7) is 9.75. The van der Waals surface area contributed by atoms with Crippen molar-refractivity contribution in [1.29, 1.82) is 0 Å². The topological polar surface area (TPSA) is 113 Å². The van der Waals surface area contributed by atoms with Crippen LogP contribution in [0.25, 0.3) is 0 Å². The van der Waals surface area contributed by atoms with Crippen molar-refractivity contribution in [1.82, 2.24) is 0 Å². The van der Waals surface area contributed by atoms with E-state index in [1.165, 1.54) is 0 Å². The second-order valence-electron chi connectivity index (χ2n) is 7.57. The zero-order valence-electron chi connectivity index (χ0n) is 16.5. The Morgan fingerprint density at radius 2 is 1.58 bits per heavy atom. The maximum atomic E-state index is 12.2. The molecule has 0 aliphatic rings. The van der Waals surface area contributed by atoms with Crippen molar-refractivity contribution in [3.05, 3.63) is 0 Å². The lowest BCUT2D eigenvalue weighted by Crippen LogP contribution is -2.36. The van der Waals surface area contributed by atoms with E-state index in [9.17, 15) is 19.5 Å². The number of aliphatic carboxylic acids is 1. The zero-order chi connectivity index (χ0) is 20.3. The number of hydrogen-bond acceptors (Lipinski definition) is 7. The first kappa shape index (κ1) is 24.8. The molecule has 0 saturated carbocycles. The molecule has 3 unspecified atom stereocenters. The number of carboxylic acid groups (broad SMARTS) is 1. The minimum Gasteiger partial charge on any atom is -0.550 e. The van der Waals surface area contributed by atoms with Crippen molar-refractivity contribution < 1.29 is 34.1 Å². The molecule has 3 atom stereocenters. The number of ether oxygens (including phenoxy) is 2. The van der Waals surface area contributed by atoms with Crippen LogP contribution in [0.3, 0.4) is 0 Å². The van der Waals surface area contributed by atoms with Gasteiger partial charge in [-0.25, -0.2) is 0 Å². The van der Waals surface area contributed by atoms with Crippen molar-refractivity contribution in [2.45, 2.75) is 33.1 Å². The summed E-state index contributed by atoms with van der Waals surface area (Å²) < 4.78 is 10.1. The van der Waals surface area contributed by atoms with Crippen LogP contribution in [0, 0.1) is 17.8 Å². The minimum absolute atomic E-state index is 0.0178. The highest BCUT2D eigenvalue weighted by Crippen LogP contribution is 2.45. The Morgan fingerprint density at radius 1 is 1.00 bits per heavy atom. The molecule has 0 heterocycles. The van der Waals surface area contributed by atoms with Gasteiger partial charge in [0, 0.05) is 39.1 Å². The predicted octanol–water partition coefficient (Wildman–Crippen LogP) is 0.781. The highest BCUT2D eigenvalue weighted by atomic mass is 31.2. The first-order valence-electron chi connectivity index (χ1n) is 8.97. The smallest absolute Gasteiger partial charge is 0.309 e. The average Bonchev–Trinajstić information content (AvgIpc) is 2.54. The van der Waals surface area contributed by atoms with Gasteiger partial charge in [0.2, 0.25) is 0 Å². The molecule has 0 saturated heterocycles. The van der Waals surface area contributed by atoms with Gasteiger partial charge in [0.15, 0.2) is 0 Å². The Morgan fingerprint density at radius 3 is 2.04 bits per heavy atom. The van der Waals surface area contributed by atoms with Gasteiger partial charge in [-0.2, -0.15) is 0 Å². The van der Waals surface area contributed by atoms with Crippen molar-refractivity contribution >= 4 is 25.2 Å². The number of carboxylic acids is 1. The van der Waals surface area contributed by atoms with Crippen LogP contribution < -0.4 is 5.11 Å². The van der Waals surface area contributed by atoms with Crippen LogP contribution in [-0.2, 0) is 23.9 Å². The monoisotopic (exact) mass is 392 g/mol. The van der Waals surface area contributed by atoms with Gasteiger partial charge in [-0.15, -0.1) is 0 Å². The molecule has 0 aliphatic carbocycles. The number of aliphatic hydroxyl groups is 1. The molecule has 0 fully saturated rings. The first-order valence-corrected chi connectivity index (χ1v) is 12.3. The van der Waals surface area contributed by atoms with E-state index in [0.717, 1.165) is 6.16 Å². The van der Waals surface area contributed by atoms with Crippen molar-refractivity contribution in [2.24, 2.45) is 17.8 Å². The molecule has 0 aliphatic heterocycles. The quantitative estimate of drug-likeness (QED) is 0.364. The summed E-state index contributed by atoms with van der Waals surface area (Å²) in [4.78, 5) is 35.4. The molecule has 0 aromatic heterocycles. The van der Waals surface area contributed by atoms with E-state index in [1.807, 2.05) is 0 Å². The van der Waals surface area contributed by atoms with Crippen LogP contribution in [0.5, 0.6) is 0 Å². The van der Waals surface area contributed by atoms with Gasteiger partial charge in [0.05, 0.1) is 24.6 Å². The standard InChI is InChI=1S/C18H33O7P/c1-6-14(18(23)25-9-10-26(3,4)5)12-15(16(20)21)11-13(2)17(22)24-8-7-19/h13-15,19H,6-12H2,1-5H3. The molecule has 0 bridgehead atoms. The summed E-state index contributed by atoms with van der Waals surface area (Å²) in [5.74, 6) is -4.42. The molecular weight excluding hydrogens is 359 g/mol. The molecule has 0 spiro atoms. The molecule has 26 heavy (non-hydrogen) atoms. The van der Waals surface area contributed by atoms with Crippen LogP contribution in [-0.4, -0.2) is 69.0 Å². The average molecular weight is 392 g/mol. The highest BCUT2D eigenvalue weighted by Gasteiger charge is 2.28. The normalized spacial score (nSPS) is 15.0. The maximum absolute atomic E-state index is 12.2. The summed E-state index contributed by atoms with van der Waals surface area (Å²) in [7, 11) is -1.04. The second-order valence-corrected chi connectivity index (χ2v) is 12.6.